The Labute approximate surface area is 134 Å². The highest BCUT2D eigenvalue weighted by molar-refractivity contribution is 5.77. The van der Waals surface area contributed by atoms with Crippen molar-refractivity contribution in [1.29, 1.82) is 0 Å². The average Bonchev–Trinajstić information content (AvgIpc) is 2.46. The summed E-state index contributed by atoms with van der Waals surface area (Å²) in [5.74, 6) is -0.0793. The molecule has 1 aliphatic heterocycles. The van der Waals surface area contributed by atoms with Crippen LogP contribution in [0.15, 0.2) is 24.3 Å². The lowest BCUT2D eigenvalue weighted by Crippen LogP contribution is -2.48. The van der Waals surface area contributed by atoms with Crippen molar-refractivity contribution in [2.24, 2.45) is 5.73 Å². The highest BCUT2D eigenvalue weighted by atomic mass is 19.4. The normalized spacial score (nSPS) is 23.7. The number of alkyl halides is 3. The first-order valence-electron chi connectivity index (χ1n) is 7.90. The number of halogens is 3. The molecule has 1 heterocycles. The molecule has 0 spiro atoms. The van der Waals surface area contributed by atoms with Crippen LogP contribution in [0.3, 0.4) is 0 Å². The van der Waals surface area contributed by atoms with Crippen molar-refractivity contribution in [2.45, 2.75) is 57.3 Å². The van der Waals surface area contributed by atoms with E-state index in [1.54, 1.807) is 0 Å². The second-order valence-electron chi connectivity index (χ2n) is 6.45. The summed E-state index contributed by atoms with van der Waals surface area (Å²) in [7, 11) is 0. The van der Waals surface area contributed by atoms with Gasteiger partial charge in [-0.1, -0.05) is 19.1 Å². The first-order valence-corrected chi connectivity index (χ1v) is 7.90. The molecule has 1 saturated heterocycles. The smallest absolute Gasteiger partial charge is 0.340 e. The van der Waals surface area contributed by atoms with Crippen molar-refractivity contribution in [1.82, 2.24) is 4.90 Å². The number of benzene rings is 1. The number of piperidine rings is 1. The maximum absolute atomic E-state index is 12.6. The molecule has 1 fully saturated rings. The van der Waals surface area contributed by atoms with Gasteiger partial charge < -0.3 is 10.6 Å². The third-order valence-electron chi connectivity index (χ3n) is 4.52. The number of likely N-dealkylation sites (tertiary alicyclic amines) is 1. The molecule has 1 aliphatic rings. The molecule has 0 saturated carbocycles. The number of carbonyl (C=O) groups excluding carboxylic acids is 1. The maximum Gasteiger partial charge on any atom is 0.416 e. The van der Waals surface area contributed by atoms with Crippen LogP contribution in [0.4, 0.5) is 13.2 Å². The van der Waals surface area contributed by atoms with Gasteiger partial charge in [0.1, 0.15) is 0 Å². The average molecular weight is 328 g/mol. The molecule has 2 N–H and O–H groups in total. The molecule has 0 radical (unpaired) electrons. The van der Waals surface area contributed by atoms with E-state index in [0.29, 0.717) is 13.0 Å². The van der Waals surface area contributed by atoms with E-state index in [0.717, 1.165) is 30.5 Å². The van der Waals surface area contributed by atoms with E-state index < -0.39 is 11.7 Å². The number of hydrogen-bond acceptors (Lipinski definition) is 2. The van der Waals surface area contributed by atoms with Crippen LogP contribution in [0.25, 0.3) is 0 Å². The molecule has 1 aromatic carbocycles. The summed E-state index contributed by atoms with van der Waals surface area (Å²) in [5.41, 5.74) is 5.97. The standard InChI is InChI=1S/C17H23F3N2O/c1-11(13-3-5-14(6-4-13)17(18,19)20)9-16(23)22-8-7-15(21)10-12(22)2/h3-6,11-12,15H,7-10,21H2,1-2H3/t11?,12-,15-/m1/s1. The van der Waals surface area contributed by atoms with Gasteiger partial charge in [0.25, 0.3) is 0 Å². The molecule has 0 bridgehead atoms. The number of carbonyl (C=O) groups is 1. The lowest BCUT2D eigenvalue weighted by Gasteiger charge is -2.37. The Bertz CT molecular complexity index is 542. The predicted molar refractivity (Wildman–Crippen MR) is 82.9 cm³/mol. The third-order valence-corrected chi connectivity index (χ3v) is 4.52. The summed E-state index contributed by atoms with van der Waals surface area (Å²) in [4.78, 5) is 14.3. The van der Waals surface area contributed by atoms with Crippen molar-refractivity contribution in [3.05, 3.63) is 35.4 Å². The first-order chi connectivity index (χ1) is 10.7. The molecule has 23 heavy (non-hydrogen) atoms. The summed E-state index contributed by atoms with van der Waals surface area (Å²) in [6.07, 6.45) is -2.45. The number of nitrogens with two attached hydrogens (primary N) is 1. The van der Waals surface area contributed by atoms with Gasteiger partial charge in [0, 0.05) is 25.0 Å². The SMILES string of the molecule is CC(CC(=O)N1CC[C@@H](N)C[C@H]1C)c1ccc(C(F)(F)F)cc1. The van der Waals surface area contributed by atoms with Crippen LogP contribution < -0.4 is 5.73 Å². The summed E-state index contributed by atoms with van der Waals surface area (Å²) >= 11 is 0. The molecule has 1 amide bonds. The zero-order valence-corrected chi connectivity index (χ0v) is 13.4. The lowest BCUT2D eigenvalue weighted by molar-refractivity contribution is -0.138. The Morgan fingerprint density at radius 3 is 2.48 bits per heavy atom. The van der Waals surface area contributed by atoms with Gasteiger partial charge in [-0.2, -0.15) is 13.2 Å². The largest absolute Gasteiger partial charge is 0.416 e. The minimum atomic E-state index is -4.33. The van der Waals surface area contributed by atoms with E-state index in [9.17, 15) is 18.0 Å². The van der Waals surface area contributed by atoms with E-state index in [1.807, 2.05) is 18.7 Å². The molecule has 3 atom stereocenters. The van der Waals surface area contributed by atoms with Crippen LogP contribution in [0, 0.1) is 0 Å². The van der Waals surface area contributed by atoms with Crippen LogP contribution in [0.2, 0.25) is 0 Å². The van der Waals surface area contributed by atoms with Gasteiger partial charge in [-0.05, 0) is 43.4 Å². The van der Waals surface area contributed by atoms with Gasteiger partial charge in [-0.3, -0.25) is 4.79 Å². The molecule has 1 aromatic rings. The molecular formula is C17H23F3N2O. The summed E-state index contributed by atoms with van der Waals surface area (Å²) < 4.78 is 37.7. The molecule has 0 aromatic heterocycles. The Hall–Kier alpha value is -1.56. The summed E-state index contributed by atoms with van der Waals surface area (Å²) in [6, 6.07) is 5.30. The van der Waals surface area contributed by atoms with Crippen molar-refractivity contribution in [3.63, 3.8) is 0 Å². The number of amides is 1. The van der Waals surface area contributed by atoms with Crippen LogP contribution in [0.5, 0.6) is 0 Å². The number of nitrogens with zero attached hydrogens (tertiary/aromatic N) is 1. The Kier molecular flexibility index (Phi) is 5.34. The van der Waals surface area contributed by atoms with Crippen molar-refractivity contribution < 1.29 is 18.0 Å². The predicted octanol–water partition coefficient (Wildman–Crippen LogP) is 3.54. The highest BCUT2D eigenvalue weighted by Gasteiger charge is 2.31. The van der Waals surface area contributed by atoms with Gasteiger partial charge in [0.15, 0.2) is 0 Å². The van der Waals surface area contributed by atoms with Crippen LogP contribution in [-0.2, 0) is 11.0 Å². The quantitative estimate of drug-likeness (QED) is 0.922. The van der Waals surface area contributed by atoms with E-state index >= 15 is 0 Å². The minimum Gasteiger partial charge on any atom is -0.340 e. The van der Waals surface area contributed by atoms with Crippen LogP contribution in [-0.4, -0.2) is 29.4 Å². The van der Waals surface area contributed by atoms with Gasteiger partial charge >= 0.3 is 6.18 Å². The van der Waals surface area contributed by atoms with Gasteiger partial charge in [0.05, 0.1) is 5.56 Å². The molecular weight excluding hydrogens is 305 g/mol. The summed E-state index contributed by atoms with van der Waals surface area (Å²) in [5, 5.41) is 0. The second kappa shape index (κ2) is 6.91. The van der Waals surface area contributed by atoms with Crippen molar-refractivity contribution >= 4 is 5.91 Å². The number of rotatable bonds is 3. The third kappa shape index (κ3) is 4.47. The van der Waals surface area contributed by atoms with E-state index in [-0.39, 0.29) is 23.9 Å². The molecule has 0 aliphatic carbocycles. The Morgan fingerprint density at radius 1 is 1.35 bits per heavy atom. The Balaban J connectivity index is 1.98. The fourth-order valence-corrected chi connectivity index (χ4v) is 3.08. The zero-order chi connectivity index (χ0) is 17.2. The van der Waals surface area contributed by atoms with Crippen LogP contribution >= 0.6 is 0 Å². The van der Waals surface area contributed by atoms with Crippen molar-refractivity contribution in [3.8, 4) is 0 Å². The summed E-state index contributed by atoms with van der Waals surface area (Å²) in [6.45, 7) is 4.50. The van der Waals surface area contributed by atoms with Gasteiger partial charge in [-0.25, -0.2) is 0 Å². The molecule has 3 nitrogen and oxygen atoms in total. The van der Waals surface area contributed by atoms with Crippen LogP contribution in [0.1, 0.15) is 50.2 Å². The van der Waals surface area contributed by atoms with Gasteiger partial charge in [-0.15, -0.1) is 0 Å². The van der Waals surface area contributed by atoms with Crippen molar-refractivity contribution in [2.75, 3.05) is 6.54 Å². The monoisotopic (exact) mass is 328 g/mol. The molecule has 2 rings (SSSR count). The van der Waals surface area contributed by atoms with E-state index in [1.165, 1.54) is 12.1 Å². The lowest BCUT2D eigenvalue weighted by atomic mass is 9.94. The topological polar surface area (TPSA) is 46.3 Å². The second-order valence-corrected chi connectivity index (χ2v) is 6.45. The molecule has 1 unspecified atom stereocenters. The highest BCUT2D eigenvalue weighted by Crippen LogP contribution is 2.31. The molecule has 128 valence electrons. The van der Waals surface area contributed by atoms with E-state index in [2.05, 4.69) is 0 Å². The Morgan fingerprint density at radius 2 is 1.96 bits per heavy atom. The van der Waals surface area contributed by atoms with E-state index in [4.69, 9.17) is 5.73 Å². The zero-order valence-electron chi connectivity index (χ0n) is 13.4. The molecule has 6 heteroatoms. The fraction of sp³-hybridized carbons (Fsp3) is 0.588. The minimum absolute atomic E-state index is 0.0387. The number of hydrogen-bond donors (Lipinski definition) is 1. The maximum atomic E-state index is 12.6. The van der Waals surface area contributed by atoms with Gasteiger partial charge in [0.2, 0.25) is 5.91 Å². The first kappa shape index (κ1) is 17.8. The fourth-order valence-electron chi connectivity index (χ4n) is 3.08.